The van der Waals surface area contributed by atoms with Crippen molar-refractivity contribution in [3.63, 3.8) is 0 Å². The second kappa shape index (κ2) is 10.6. The van der Waals surface area contributed by atoms with Crippen LogP contribution in [0.5, 0.6) is 0 Å². The number of aliphatic hydroxyl groups is 1. The summed E-state index contributed by atoms with van der Waals surface area (Å²) >= 11 is 13.3. The summed E-state index contributed by atoms with van der Waals surface area (Å²) in [4.78, 5) is 21.1. The highest BCUT2D eigenvalue weighted by atomic mass is 35.5. The fraction of sp³-hybridized carbons (Fsp3) is 0.190. The Kier molecular flexibility index (Phi) is 7.89. The number of ether oxygens (including phenoxy) is 1. The Labute approximate surface area is 183 Å². The topological polar surface area (TPSA) is 72.3 Å². The third-order valence-corrected chi connectivity index (χ3v) is 5.93. The maximum Gasteiger partial charge on any atom is 0.313 e. The van der Waals surface area contributed by atoms with Crippen molar-refractivity contribution in [2.45, 2.75) is 17.7 Å². The fourth-order valence-electron chi connectivity index (χ4n) is 2.57. The van der Waals surface area contributed by atoms with Crippen LogP contribution in [0, 0.1) is 5.92 Å². The molecule has 8 heteroatoms. The van der Waals surface area contributed by atoms with Crippen LogP contribution in [0.15, 0.2) is 72.1 Å². The first-order valence-electron chi connectivity index (χ1n) is 8.77. The molecule has 3 rings (SSSR count). The monoisotopic (exact) mass is 448 g/mol. The number of thioether (sulfide) groups is 1. The summed E-state index contributed by atoms with van der Waals surface area (Å²) in [5.41, 5.74) is 1.25. The summed E-state index contributed by atoms with van der Waals surface area (Å²) in [5.74, 6) is -1.02. The number of hydrogen-bond acceptors (Lipinski definition) is 6. The van der Waals surface area contributed by atoms with E-state index in [1.54, 1.807) is 42.7 Å². The van der Waals surface area contributed by atoms with Gasteiger partial charge in [-0.05, 0) is 41.5 Å². The Morgan fingerprint density at radius 1 is 1.10 bits per heavy atom. The van der Waals surface area contributed by atoms with E-state index in [4.69, 9.17) is 27.9 Å². The molecule has 150 valence electrons. The predicted molar refractivity (Wildman–Crippen MR) is 114 cm³/mol. The Morgan fingerprint density at radius 3 is 2.66 bits per heavy atom. The molecule has 0 fully saturated rings. The fourth-order valence-corrected chi connectivity index (χ4v) is 3.87. The molecule has 0 radical (unpaired) electrons. The Bertz CT molecular complexity index is 945. The molecule has 0 spiro atoms. The number of aliphatic hydroxyl groups excluding tert-OH is 1. The van der Waals surface area contributed by atoms with Gasteiger partial charge in [0.05, 0.1) is 27.1 Å². The second-order valence-electron chi connectivity index (χ2n) is 6.17. The van der Waals surface area contributed by atoms with Crippen molar-refractivity contribution in [2.75, 3.05) is 5.75 Å². The van der Waals surface area contributed by atoms with E-state index in [2.05, 4.69) is 9.97 Å². The molecule has 0 saturated heterocycles. The van der Waals surface area contributed by atoms with Gasteiger partial charge in [-0.25, -0.2) is 4.98 Å². The number of rotatable bonds is 8. The second-order valence-corrected chi connectivity index (χ2v) is 8.03. The minimum absolute atomic E-state index is 0.0280. The van der Waals surface area contributed by atoms with Crippen molar-refractivity contribution in [1.29, 1.82) is 0 Å². The van der Waals surface area contributed by atoms with E-state index in [-0.39, 0.29) is 6.61 Å². The van der Waals surface area contributed by atoms with E-state index in [1.165, 1.54) is 18.0 Å². The Hall–Kier alpha value is -2.12. The van der Waals surface area contributed by atoms with E-state index in [0.29, 0.717) is 26.9 Å². The molecule has 29 heavy (non-hydrogen) atoms. The van der Waals surface area contributed by atoms with Gasteiger partial charge in [0.25, 0.3) is 0 Å². The largest absolute Gasteiger partial charge is 0.460 e. The van der Waals surface area contributed by atoms with Crippen LogP contribution in [0.3, 0.4) is 0 Å². The molecule has 5 nitrogen and oxygen atoms in total. The third-order valence-electron chi connectivity index (χ3n) is 4.12. The number of pyridine rings is 2. The van der Waals surface area contributed by atoms with Gasteiger partial charge in [0.15, 0.2) is 0 Å². The zero-order valence-electron chi connectivity index (χ0n) is 15.2. The van der Waals surface area contributed by atoms with Gasteiger partial charge in [0.2, 0.25) is 0 Å². The number of carbonyl (C=O) groups excluding carboxylic acids is 1. The third kappa shape index (κ3) is 6.18. The lowest BCUT2D eigenvalue weighted by Gasteiger charge is -2.21. The predicted octanol–water partition coefficient (Wildman–Crippen LogP) is 4.97. The van der Waals surface area contributed by atoms with Crippen molar-refractivity contribution in [3.8, 4) is 0 Å². The lowest BCUT2D eigenvalue weighted by Crippen LogP contribution is -2.27. The molecule has 0 amide bonds. The molecule has 0 bridgehead atoms. The highest BCUT2D eigenvalue weighted by Crippen LogP contribution is 2.29. The molecule has 1 N–H and O–H groups in total. The number of benzene rings is 1. The molecule has 0 aliphatic carbocycles. The van der Waals surface area contributed by atoms with Crippen LogP contribution in [-0.2, 0) is 16.1 Å². The van der Waals surface area contributed by atoms with Crippen LogP contribution in [0.25, 0.3) is 0 Å². The van der Waals surface area contributed by atoms with Gasteiger partial charge in [0, 0.05) is 24.3 Å². The van der Waals surface area contributed by atoms with Crippen molar-refractivity contribution in [2.24, 2.45) is 5.92 Å². The summed E-state index contributed by atoms with van der Waals surface area (Å²) in [6.45, 7) is 0.0280. The van der Waals surface area contributed by atoms with Crippen molar-refractivity contribution in [1.82, 2.24) is 9.97 Å². The minimum atomic E-state index is -1.05. The highest BCUT2D eigenvalue weighted by molar-refractivity contribution is 7.99. The van der Waals surface area contributed by atoms with Gasteiger partial charge < -0.3 is 9.84 Å². The summed E-state index contributed by atoms with van der Waals surface area (Å²) in [7, 11) is 0. The van der Waals surface area contributed by atoms with Gasteiger partial charge in [-0.2, -0.15) is 0 Å². The molecular weight excluding hydrogens is 431 g/mol. The first-order valence-corrected chi connectivity index (χ1v) is 10.5. The summed E-state index contributed by atoms with van der Waals surface area (Å²) < 4.78 is 5.46. The summed E-state index contributed by atoms with van der Waals surface area (Å²) in [6, 6.07) is 14.0. The van der Waals surface area contributed by atoms with E-state index in [1.807, 2.05) is 18.2 Å². The molecule has 3 aromatic rings. The van der Waals surface area contributed by atoms with Crippen molar-refractivity contribution >= 4 is 40.9 Å². The van der Waals surface area contributed by atoms with E-state index in [0.717, 1.165) is 5.03 Å². The van der Waals surface area contributed by atoms with E-state index in [9.17, 15) is 9.90 Å². The smallest absolute Gasteiger partial charge is 0.313 e. The van der Waals surface area contributed by atoms with Gasteiger partial charge >= 0.3 is 5.97 Å². The zero-order valence-corrected chi connectivity index (χ0v) is 17.6. The van der Waals surface area contributed by atoms with Crippen LogP contribution in [-0.4, -0.2) is 26.8 Å². The first-order chi connectivity index (χ1) is 14.0. The number of aromatic nitrogens is 2. The van der Waals surface area contributed by atoms with Crippen LogP contribution < -0.4 is 0 Å². The molecule has 2 heterocycles. The van der Waals surface area contributed by atoms with E-state index >= 15 is 0 Å². The molecule has 1 aromatic carbocycles. The molecule has 2 atom stereocenters. The lowest BCUT2D eigenvalue weighted by atomic mass is 9.99. The summed E-state index contributed by atoms with van der Waals surface area (Å²) in [6.07, 6.45) is 3.77. The van der Waals surface area contributed by atoms with Crippen LogP contribution in [0.4, 0.5) is 0 Å². The van der Waals surface area contributed by atoms with Gasteiger partial charge in [0.1, 0.15) is 6.61 Å². The highest BCUT2D eigenvalue weighted by Gasteiger charge is 2.30. The first kappa shape index (κ1) is 21.6. The van der Waals surface area contributed by atoms with Gasteiger partial charge in [-0.3, -0.25) is 9.78 Å². The average molecular weight is 449 g/mol. The van der Waals surface area contributed by atoms with Crippen molar-refractivity contribution < 1.29 is 14.6 Å². The number of esters is 1. The van der Waals surface area contributed by atoms with Crippen LogP contribution >= 0.6 is 35.0 Å². The molecular formula is C21H18Cl2N2O3S. The number of hydrogen-bond donors (Lipinski definition) is 1. The van der Waals surface area contributed by atoms with Crippen molar-refractivity contribution in [3.05, 3.63) is 88.3 Å². The minimum Gasteiger partial charge on any atom is -0.460 e. The SMILES string of the molecule is O=C(OCc1ccc(Cl)c(Cl)c1)C(CSc1ccccn1)C(O)c1cccnc1. The molecule has 0 aliphatic heterocycles. The normalized spacial score (nSPS) is 12.9. The van der Waals surface area contributed by atoms with Gasteiger partial charge in [-0.1, -0.05) is 41.4 Å². The molecule has 0 saturated carbocycles. The zero-order chi connectivity index (χ0) is 20.6. The average Bonchev–Trinajstić information content (AvgIpc) is 2.76. The standard InChI is InChI=1S/C21H18Cl2N2O3S/c22-17-7-6-14(10-18(17)23)12-28-21(27)16(13-29-19-5-1-2-9-25-19)20(26)15-4-3-8-24-11-15/h1-11,16,20,26H,12-13H2. The molecule has 0 aliphatic rings. The van der Waals surface area contributed by atoms with Crippen LogP contribution in [0.2, 0.25) is 10.0 Å². The van der Waals surface area contributed by atoms with Crippen LogP contribution in [0.1, 0.15) is 17.2 Å². The maximum absolute atomic E-state index is 12.8. The number of halogens is 2. The Morgan fingerprint density at radius 2 is 1.97 bits per heavy atom. The summed E-state index contributed by atoms with van der Waals surface area (Å²) in [5, 5.41) is 12.4. The lowest BCUT2D eigenvalue weighted by molar-refractivity contribution is -0.153. The molecule has 2 unspecified atom stereocenters. The quantitative estimate of drug-likeness (QED) is 0.387. The van der Waals surface area contributed by atoms with Gasteiger partial charge in [-0.15, -0.1) is 11.8 Å². The van der Waals surface area contributed by atoms with E-state index < -0.39 is 18.0 Å². The molecule has 2 aromatic heterocycles. The Balaban J connectivity index is 1.71. The number of carbonyl (C=O) groups is 1. The maximum atomic E-state index is 12.8. The number of nitrogens with zero attached hydrogens (tertiary/aromatic N) is 2.